The molecule has 2 aliphatic rings. The number of piperazine rings is 1. The molecule has 0 N–H and O–H groups in total. The number of likely N-dealkylation sites (tertiary alicyclic amines) is 1. The average Bonchev–Trinajstić information content (AvgIpc) is 2.98. The smallest absolute Gasteiger partial charge is 0.222 e. The van der Waals surface area contributed by atoms with Crippen LogP contribution in [0.15, 0.2) is 18.2 Å². The van der Waals surface area contributed by atoms with E-state index in [-0.39, 0.29) is 11.9 Å². The van der Waals surface area contributed by atoms with Gasteiger partial charge in [0.15, 0.2) is 0 Å². The number of hydrogen-bond acceptors (Lipinski definition) is 3. The SMILES string of the molecule is CC(c1ccc(F)cc1F)N1CCN(CCN2CCCC2=O)CC1. The number of nitrogens with zero attached hydrogens (tertiary/aromatic N) is 3. The Balaban J connectivity index is 1.48. The Hall–Kier alpha value is -1.53. The lowest BCUT2D eigenvalue weighted by Gasteiger charge is -2.38. The summed E-state index contributed by atoms with van der Waals surface area (Å²) >= 11 is 0. The molecule has 0 saturated carbocycles. The van der Waals surface area contributed by atoms with Gasteiger partial charge < -0.3 is 4.90 Å². The largest absolute Gasteiger partial charge is 0.341 e. The van der Waals surface area contributed by atoms with Crippen LogP contribution in [0, 0.1) is 11.6 Å². The van der Waals surface area contributed by atoms with Crippen LogP contribution in [0.2, 0.25) is 0 Å². The van der Waals surface area contributed by atoms with Gasteiger partial charge in [-0.05, 0) is 19.4 Å². The van der Waals surface area contributed by atoms with Crippen molar-refractivity contribution in [2.24, 2.45) is 0 Å². The summed E-state index contributed by atoms with van der Waals surface area (Å²) in [5.74, 6) is -0.740. The summed E-state index contributed by atoms with van der Waals surface area (Å²) in [6.07, 6.45) is 1.67. The third-order valence-corrected chi connectivity index (χ3v) is 5.22. The fraction of sp³-hybridized carbons (Fsp3) is 0.611. The van der Waals surface area contributed by atoms with Gasteiger partial charge in [0.1, 0.15) is 11.6 Å². The summed E-state index contributed by atoms with van der Waals surface area (Å²) in [4.78, 5) is 18.2. The molecule has 1 aromatic carbocycles. The van der Waals surface area contributed by atoms with Crippen LogP contribution >= 0.6 is 0 Å². The van der Waals surface area contributed by atoms with Gasteiger partial charge in [-0.2, -0.15) is 0 Å². The van der Waals surface area contributed by atoms with Crippen molar-refractivity contribution >= 4 is 5.91 Å². The Bertz CT molecular complexity index is 588. The molecule has 0 radical (unpaired) electrons. The Morgan fingerprint density at radius 1 is 1.08 bits per heavy atom. The van der Waals surface area contributed by atoms with Crippen molar-refractivity contribution in [2.75, 3.05) is 45.8 Å². The van der Waals surface area contributed by atoms with Crippen LogP contribution in [-0.4, -0.2) is 66.4 Å². The highest BCUT2D eigenvalue weighted by Gasteiger charge is 2.25. The predicted molar refractivity (Wildman–Crippen MR) is 88.6 cm³/mol. The molecule has 24 heavy (non-hydrogen) atoms. The lowest BCUT2D eigenvalue weighted by molar-refractivity contribution is -0.127. The Morgan fingerprint density at radius 2 is 1.83 bits per heavy atom. The highest BCUT2D eigenvalue weighted by molar-refractivity contribution is 5.78. The van der Waals surface area contributed by atoms with Gasteiger partial charge in [-0.15, -0.1) is 0 Å². The number of carbonyl (C=O) groups excluding carboxylic acids is 1. The Labute approximate surface area is 142 Å². The molecule has 6 heteroatoms. The molecule has 4 nitrogen and oxygen atoms in total. The molecule has 1 atom stereocenters. The van der Waals surface area contributed by atoms with Gasteiger partial charge >= 0.3 is 0 Å². The minimum Gasteiger partial charge on any atom is -0.341 e. The molecular weight excluding hydrogens is 312 g/mol. The maximum Gasteiger partial charge on any atom is 0.222 e. The van der Waals surface area contributed by atoms with E-state index in [2.05, 4.69) is 9.80 Å². The number of carbonyl (C=O) groups is 1. The second-order valence-electron chi connectivity index (χ2n) is 6.70. The third kappa shape index (κ3) is 3.92. The Kier molecular flexibility index (Phi) is 5.46. The second-order valence-corrected chi connectivity index (χ2v) is 6.70. The first-order valence-corrected chi connectivity index (χ1v) is 8.74. The quantitative estimate of drug-likeness (QED) is 0.825. The number of hydrogen-bond donors (Lipinski definition) is 0. The van der Waals surface area contributed by atoms with Gasteiger partial charge in [-0.3, -0.25) is 14.6 Å². The van der Waals surface area contributed by atoms with Gasteiger partial charge in [0.05, 0.1) is 0 Å². The molecule has 0 bridgehead atoms. The van der Waals surface area contributed by atoms with Crippen LogP contribution in [0.1, 0.15) is 31.4 Å². The van der Waals surface area contributed by atoms with Crippen molar-refractivity contribution in [1.29, 1.82) is 0 Å². The molecule has 1 unspecified atom stereocenters. The van der Waals surface area contributed by atoms with E-state index in [4.69, 9.17) is 0 Å². The molecular formula is C18H25F2N3O. The molecule has 3 rings (SSSR count). The molecule has 2 aliphatic heterocycles. The van der Waals surface area contributed by atoms with E-state index in [9.17, 15) is 13.6 Å². The van der Waals surface area contributed by atoms with Crippen molar-refractivity contribution in [1.82, 2.24) is 14.7 Å². The molecule has 2 heterocycles. The van der Waals surface area contributed by atoms with Gasteiger partial charge in [0, 0.05) is 69.9 Å². The van der Waals surface area contributed by atoms with Gasteiger partial charge in [0.25, 0.3) is 0 Å². The number of amides is 1. The maximum absolute atomic E-state index is 13.9. The first-order valence-electron chi connectivity index (χ1n) is 8.74. The monoisotopic (exact) mass is 337 g/mol. The number of benzene rings is 1. The van der Waals surface area contributed by atoms with E-state index in [0.29, 0.717) is 12.0 Å². The average molecular weight is 337 g/mol. The highest BCUT2D eigenvalue weighted by atomic mass is 19.1. The minimum absolute atomic E-state index is 0.0621. The summed E-state index contributed by atoms with van der Waals surface area (Å²) in [6, 6.07) is 3.75. The molecule has 0 aliphatic carbocycles. The van der Waals surface area contributed by atoms with Gasteiger partial charge in [0.2, 0.25) is 5.91 Å². The van der Waals surface area contributed by atoms with Crippen molar-refractivity contribution in [3.63, 3.8) is 0 Å². The van der Waals surface area contributed by atoms with Crippen LogP contribution in [0.4, 0.5) is 8.78 Å². The van der Waals surface area contributed by atoms with E-state index in [1.54, 1.807) is 6.07 Å². The summed E-state index contributed by atoms with van der Waals surface area (Å²) in [7, 11) is 0. The van der Waals surface area contributed by atoms with E-state index in [1.165, 1.54) is 6.07 Å². The zero-order valence-electron chi connectivity index (χ0n) is 14.2. The molecule has 0 spiro atoms. The second kappa shape index (κ2) is 7.57. The molecule has 2 saturated heterocycles. The molecule has 0 aromatic heterocycles. The predicted octanol–water partition coefficient (Wildman–Crippen LogP) is 2.27. The lowest BCUT2D eigenvalue weighted by Crippen LogP contribution is -2.49. The first-order chi connectivity index (χ1) is 11.5. The number of halogens is 2. The van der Waals surface area contributed by atoms with Crippen molar-refractivity contribution in [3.05, 3.63) is 35.4 Å². The van der Waals surface area contributed by atoms with Crippen LogP contribution < -0.4 is 0 Å². The van der Waals surface area contributed by atoms with Gasteiger partial charge in [-0.25, -0.2) is 8.78 Å². The summed E-state index contributed by atoms with van der Waals surface area (Å²) in [6.45, 7) is 8.09. The fourth-order valence-electron chi connectivity index (χ4n) is 3.61. The van der Waals surface area contributed by atoms with Crippen molar-refractivity contribution in [3.8, 4) is 0 Å². The Morgan fingerprint density at radius 3 is 2.46 bits per heavy atom. The normalized spacial score (nSPS) is 21.5. The zero-order chi connectivity index (χ0) is 17.1. The van der Waals surface area contributed by atoms with E-state index in [0.717, 1.165) is 58.3 Å². The summed E-state index contributed by atoms with van der Waals surface area (Å²) < 4.78 is 27.0. The molecule has 2 fully saturated rings. The fourth-order valence-corrected chi connectivity index (χ4v) is 3.61. The standard InChI is InChI=1S/C18H25F2N3O/c1-14(16-5-4-15(19)13-17(16)20)22-10-7-21(8-11-22)9-12-23-6-2-3-18(23)24/h4-5,13-14H,2-3,6-12H2,1H3. The van der Waals surface area contributed by atoms with E-state index >= 15 is 0 Å². The van der Waals surface area contributed by atoms with Gasteiger partial charge in [-0.1, -0.05) is 6.07 Å². The van der Waals surface area contributed by atoms with Crippen LogP contribution in [0.3, 0.4) is 0 Å². The van der Waals surface area contributed by atoms with Crippen LogP contribution in [0.25, 0.3) is 0 Å². The van der Waals surface area contributed by atoms with Crippen LogP contribution in [-0.2, 0) is 4.79 Å². The highest BCUT2D eigenvalue weighted by Crippen LogP contribution is 2.24. The summed E-state index contributed by atoms with van der Waals surface area (Å²) in [5, 5.41) is 0. The first kappa shape index (κ1) is 17.3. The minimum atomic E-state index is -0.537. The number of rotatable bonds is 5. The summed E-state index contributed by atoms with van der Waals surface area (Å²) in [5.41, 5.74) is 0.549. The van der Waals surface area contributed by atoms with E-state index < -0.39 is 11.6 Å². The van der Waals surface area contributed by atoms with Crippen molar-refractivity contribution < 1.29 is 13.6 Å². The zero-order valence-corrected chi connectivity index (χ0v) is 14.2. The van der Waals surface area contributed by atoms with Crippen molar-refractivity contribution in [2.45, 2.75) is 25.8 Å². The lowest BCUT2D eigenvalue weighted by atomic mass is 10.1. The van der Waals surface area contributed by atoms with E-state index in [1.807, 2.05) is 11.8 Å². The molecule has 132 valence electrons. The molecule has 1 amide bonds. The third-order valence-electron chi connectivity index (χ3n) is 5.22. The van der Waals surface area contributed by atoms with Crippen LogP contribution in [0.5, 0.6) is 0 Å². The maximum atomic E-state index is 13.9. The topological polar surface area (TPSA) is 26.8 Å². The molecule has 1 aromatic rings.